The number of halogens is 1. The van der Waals surface area contributed by atoms with Gasteiger partial charge in [0.2, 0.25) is 0 Å². The minimum atomic E-state index is 0. The Bertz CT molecular complexity index is 471. The van der Waals surface area contributed by atoms with Crippen molar-refractivity contribution in [3.63, 3.8) is 0 Å². The van der Waals surface area contributed by atoms with Gasteiger partial charge in [0.15, 0.2) is 5.96 Å². The van der Waals surface area contributed by atoms with Crippen molar-refractivity contribution in [3.05, 3.63) is 24.0 Å². The fraction of sp³-hybridized carbons (Fsp3) is 0.706. The molecule has 1 fully saturated rings. The lowest BCUT2D eigenvalue weighted by Crippen LogP contribution is -2.41. The normalized spacial score (nSPS) is 19.3. The molecule has 2 N–H and O–H groups in total. The van der Waals surface area contributed by atoms with Crippen molar-refractivity contribution in [2.75, 3.05) is 26.7 Å². The van der Waals surface area contributed by atoms with Crippen LogP contribution in [0.15, 0.2) is 23.5 Å². The average molecular weight is 433 g/mol. The smallest absolute Gasteiger partial charge is 0.191 e. The van der Waals surface area contributed by atoms with Gasteiger partial charge in [0.05, 0.1) is 0 Å². The summed E-state index contributed by atoms with van der Waals surface area (Å²) in [5, 5.41) is 6.76. The van der Waals surface area contributed by atoms with Crippen LogP contribution in [0.2, 0.25) is 0 Å². The molecule has 1 unspecified atom stereocenters. The summed E-state index contributed by atoms with van der Waals surface area (Å²) in [6.45, 7) is 6.58. The molecule has 0 aromatic carbocycles. The maximum absolute atomic E-state index is 4.28. The van der Waals surface area contributed by atoms with Crippen LogP contribution in [-0.4, -0.2) is 48.2 Å². The molecule has 1 aromatic heterocycles. The summed E-state index contributed by atoms with van der Waals surface area (Å²) < 4.78 is 2.06. The number of nitrogens with zero attached hydrogens (tertiary/aromatic N) is 3. The molecule has 1 aromatic rings. The second-order valence-electron chi connectivity index (χ2n) is 6.27. The van der Waals surface area contributed by atoms with Crippen LogP contribution in [0.25, 0.3) is 0 Å². The molecule has 0 saturated carbocycles. The molecule has 23 heavy (non-hydrogen) atoms. The lowest BCUT2D eigenvalue weighted by molar-refractivity contribution is 0.159. The van der Waals surface area contributed by atoms with Crippen molar-refractivity contribution in [1.29, 1.82) is 0 Å². The third-order valence-corrected chi connectivity index (χ3v) is 4.43. The van der Waals surface area contributed by atoms with Crippen LogP contribution in [0.1, 0.15) is 38.2 Å². The molecule has 2 rings (SSSR count). The molecule has 1 aliphatic rings. The Kier molecular flexibility index (Phi) is 9.62. The van der Waals surface area contributed by atoms with Crippen molar-refractivity contribution in [3.8, 4) is 0 Å². The molecule has 0 radical (unpaired) electrons. The van der Waals surface area contributed by atoms with E-state index in [-0.39, 0.29) is 24.0 Å². The van der Waals surface area contributed by atoms with Gasteiger partial charge in [-0.15, -0.1) is 24.0 Å². The quantitative estimate of drug-likeness (QED) is 0.314. The number of likely N-dealkylation sites (tertiary alicyclic amines) is 1. The second-order valence-corrected chi connectivity index (χ2v) is 6.27. The zero-order valence-electron chi connectivity index (χ0n) is 14.7. The van der Waals surface area contributed by atoms with Crippen LogP contribution < -0.4 is 10.6 Å². The molecule has 132 valence electrons. The van der Waals surface area contributed by atoms with E-state index in [2.05, 4.69) is 50.5 Å². The summed E-state index contributed by atoms with van der Waals surface area (Å²) in [6.07, 6.45) is 9.46. The van der Waals surface area contributed by atoms with Crippen molar-refractivity contribution >= 4 is 29.9 Å². The van der Waals surface area contributed by atoms with Gasteiger partial charge in [-0.1, -0.05) is 6.42 Å². The van der Waals surface area contributed by atoms with Gasteiger partial charge in [0, 0.05) is 52.2 Å². The van der Waals surface area contributed by atoms with E-state index in [1.54, 1.807) is 0 Å². The number of hydrogen-bond acceptors (Lipinski definition) is 2. The number of rotatable bonds is 6. The van der Waals surface area contributed by atoms with Crippen molar-refractivity contribution in [1.82, 2.24) is 20.1 Å². The van der Waals surface area contributed by atoms with E-state index in [1.807, 2.05) is 14.1 Å². The fourth-order valence-electron chi connectivity index (χ4n) is 3.05. The number of nitrogens with one attached hydrogen (secondary N) is 2. The Balaban J connectivity index is 0.00000264. The molecule has 1 saturated heterocycles. The van der Waals surface area contributed by atoms with E-state index in [1.165, 1.54) is 37.9 Å². The van der Waals surface area contributed by atoms with Gasteiger partial charge in [-0.05, 0) is 44.4 Å². The standard InChI is InChI=1S/C17H31N5.HI/c1-15-7-4-5-10-22(15)11-6-9-19-17(18-2)20-13-16-8-12-21(3)14-16;/h8,12,14-15H,4-7,9-11,13H2,1-3H3,(H2,18,19,20);1H. The van der Waals surface area contributed by atoms with Gasteiger partial charge >= 0.3 is 0 Å². The minimum absolute atomic E-state index is 0. The minimum Gasteiger partial charge on any atom is -0.357 e. The number of piperidine rings is 1. The highest BCUT2D eigenvalue weighted by atomic mass is 127. The summed E-state index contributed by atoms with van der Waals surface area (Å²) in [4.78, 5) is 6.90. The van der Waals surface area contributed by atoms with Crippen LogP contribution in [0.5, 0.6) is 0 Å². The monoisotopic (exact) mass is 433 g/mol. The van der Waals surface area contributed by atoms with E-state index in [0.29, 0.717) is 0 Å². The van der Waals surface area contributed by atoms with E-state index in [4.69, 9.17) is 0 Å². The number of aromatic nitrogens is 1. The van der Waals surface area contributed by atoms with Gasteiger partial charge in [-0.2, -0.15) is 0 Å². The molecule has 6 heteroatoms. The molecule has 1 atom stereocenters. The molecule has 0 amide bonds. The van der Waals surface area contributed by atoms with Crippen LogP contribution in [-0.2, 0) is 13.6 Å². The number of hydrogen-bond donors (Lipinski definition) is 2. The molecule has 5 nitrogen and oxygen atoms in total. The first-order valence-corrected chi connectivity index (χ1v) is 8.48. The Hall–Kier alpha value is -0.760. The first kappa shape index (κ1) is 20.3. The zero-order valence-corrected chi connectivity index (χ0v) is 17.0. The van der Waals surface area contributed by atoms with E-state index >= 15 is 0 Å². The fourth-order valence-corrected chi connectivity index (χ4v) is 3.05. The van der Waals surface area contributed by atoms with Gasteiger partial charge < -0.3 is 20.1 Å². The number of guanidine groups is 1. The maximum Gasteiger partial charge on any atom is 0.191 e. The summed E-state index contributed by atoms with van der Waals surface area (Å²) in [5.74, 6) is 0.885. The lowest BCUT2D eigenvalue weighted by Gasteiger charge is -2.33. The molecule has 0 bridgehead atoms. The van der Waals surface area contributed by atoms with Crippen molar-refractivity contribution < 1.29 is 0 Å². The van der Waals surface area contributed by atoms with Gasteiger partial charge in [-0.3, -0.25) is 4.99 Å². The van der Waals surface area contributed by atoms with Crippen LogP contribution in [0.3, 0.4) is 0 Å². The van der Waals surface area contributed by atoms with E-state index < -0.39 is 0 Å². The molecule has 0 aliphatic carbocycles. The first-order chi connectivity index (χ1) is 10.7. The SMILES string of the molecule is CN=C(NCCCN1CCCCC1C)NCc1ccn(C)c1.I. The Labute approximate surface area is 157 Å². The van der Waals surface area contributed by atoms with Gasteiger partial charge in [0.1, 0.15) is 0 Å². The first-order valence-electron chi connectivity index (χ1n) is 8.48. The van der Waals surface area contributed by atoms with Crippen LogP contribution in [0.4, 0.5) is 0 Å². The van der Waals surface area contributed by atoms with E-state index in [0.717, 1.165) is 31.5 Å². The van der Waals surface area contributed by atoms with Gasteiger partial charge in [0.25, 0.3) is 0 Å². The van der Waals surface area contributed by atoms with E-state index in [9.17, 15) is 0 Å². The van der Waals surface area contributed by atoms with Crippen molar-refractivity contribution in [2.45, 2.75) is 45.2 Å². The molecule has 0 spiro atoms. The number of aryl methyl sites for hydroxylation is 1. The lowest BCUT2D eigenvalue weighted by atomic mass is 10.0. The maximum atomic E-state index is 4.28. The molecular formula is C17H32IN5. The second kappa shape index (κ2) is 10.9. The Morgan fingerprint density at radius 3 is 2.83 bits per heavy atom. The molecule has 2 heterocycles. The highest BCUT2D eigenvalue weighted by Gasteiger charge is 2.16. The number of aliphatic imine (C=N–C) groups is 1. The van der Waals surface area contributed by atoms with Crippen molar-refractivity contribution in [2.24, 2.45) is 12.0 Å². The third kappa shape index (κ3) is 7.12. The summed E-state index contributed by atoms with van der Waals surface area (Å²) in [7, 11) is 3.87. The Morgan fingerprint density at radius 1 is 1.35 bits per heavy atom. The Morgan fingerprint density at radius 2 is 2.17 bits per heavy atom. The molecular weight excluding hydrogens is 401 g/mol. The van der Waals surface area contributed by atoms with Crippen LogP contribution >= 0.6 is 24.0 Å². The average Bonchev–Trinajstić information content (AvgIpc) is 2.94. The summed E-state index contributed by atoms with van der Waals surface area (Å²) in [5.41, 5.74) is 1.27. The topological polar surface area (TPSA) is 44.6 Å². The summed E-state index contributed by atoms with van der Waals surface area (Å²) in [6, 6.07) is 2.88. The molecule has 1 aliphatic heterocycles. The highest BCUT2D eigenvalue weighted by molar-refractivity contribution is 14.0. The predicted octanol–water partition coefficient (Wildman–Crippen LogP) is 2.57. The summed E-state index contributed by atoms with van der Waals surface area (Å²) >= 11 is 0. The largest absolute Gasteiger partial charge is 0.357 e. The van der Waals surface area contributed by atoms with Gasteiger partial charge in [-0.25, -0.2) is 0 Å². The highest BCUT2D eigenvalue weighted by Crippen LogP contribution is 2.15. The predicted molar refractivity (Wildman–Crippen MR) is 109 cm³/mol. The zero-order chi connectivity index (χ0) is 15.8. The van der Waals surface area contributed by atoms with Crippen LogP contribution in [0, 0.1) is 0 Å². The third-order valence-electron chi connectivity index (χ3n) is 4.43.